The van der Waals surface area contributed by atoms with Crippen LogP contribution < -0.4 is 0 Å². The van der Waals surface area contributed by atoms with Crippen molar-refractivity contribution in [3.8, 4) is 0 Å². The van der Waals surface area contributed by atoms with Crippen LogP contribution >= 0.6 is 0 Å². The molecule has 0 amide bonds. The predicted molar refractivity (Wildman–Crippen MR) is 108 cm³/mol. The van der Waals surface area contributed by atoms with Crippen LogP contribution in [0.4, 0.5) is 13.2 Å². The SMILES string of the molecule is CCCC1CCC(C2CC[C@@H]3C[C@H](c4cc(F)c(F)c(F)c4)CCC3C2)CC1. The van der Waals surface area contributed by atoms with E-state index in [-0.39, 0.29) is 5.92 Å². The monoisotopic (exact) mass is 392 g/mol. The molecule has 156 valence electrons. The Morgan fingerprint density at radius 1 is 0.714 bits per heavy atom. The maximum Gasteiger partial charge on any atom is 0.194 e. The minimum absolute atomic E-state index is 0.187. The number of benzene rings is 1. The van der Waals surface area contributed by atoms with Gasteiger partial charge >= 0.3 is 0 Å². The van der Waals surface area contributed by atoms with E-state index in [0.717, 1.165) is 42.9 Å². The van der Waals surface area contributed by atoms with Crippen molar-refractivity contribution in [1.29, 1.82) is 0 Å². The number of rotatable bonds is 4. The lowest BCUT2D eigenvalue weighted by atomic mass is 9.60. The quantitative estimate of drug-likeness (QED) is 0.455. The van der Waals surface area contributed by atoms with Gasteiger partial charge in [0.1, 0.15) is 0 Å². The molecule has 0 heterocycles. The van der Waals surface area contributed by atoms with Gasteiger partial charge in [0.2, 0.25) is 0 Å². The molecule has 3 aliphatic carbocycles. The second-order valence-electron chi connectivity index (χ2n) is 9.97. The van der Waals surface area contributed by atoms with Crippen LogP contribution in [0.15, 0.2) is 12.1 Å². The van der Waals surface area contributed by atoms with E-state index in [1.54, 1.807) is 0 Å². The molecule has 0 aliphatic heterocycles. The second kappa shape index (κ2) is 8.79. The average Bonchev–Trinajstić information content (AvgIpc) is 2.71. The summed E-state index contributed by atoms with van der Waals surface area (Å²) in [6, 6.07) is 2.45. The molecule has 2 unspecified atom stereocenters. The lowest BCUT2D eigenvalue weighted by molar-refractivity contribution is 0.0711. The lowest BCUT2D eigenvalue weighted by Crippen LogP contribution is -2.34. The van der Waals surface area contributed by atoms with Gasteiger partial charge in [0.25, 0.3) is 0 Å². The maximum atomic E-state index is 13.6. The molecule has 0 spiro atoms. The fourth-order valence-electron chi connectivity index (χ4n) is 6.82. The number of halogens is 3. The molecule has 0 aromatic heterocycles. The molecule has 4 rings (SSSR count). The summed E-state index contributed by atoms with van der Waals surface area (Å²) in [7, 11) is 0. The zero-order valence-electron chi connectivity index (χ0n) is 17.2. The molecule has 0 bridgehead atoms. The molecule has 1 aromatic rings. The number of hydrogen-bond acceptors (Lipinski definition) is 0. The highest BCUT2D eigenvalue weighted by Gasteiger charge is 2.39. The third-order valence-electron chi connectivity index (χ3n) is 8.39. The highest BCUT2D eigenvalue weighted by atomic mass is 19.2. The Labute approximate surface area is 168 Å². The van der Waals surface area contributed by atoms with Gasteiger partial charge in [0.15, 0.2) is 17.5 Å². The Kier molecular flexibility index (Phi) is 6.37. The summed E-state index contributed by atoms with van der Waals surface area (Å²) in [5.74, 6) is 1.05. The number of hydrogen-bond donors (Lipinski definition) is 0. The molecule has 3 heteroatoms. The molecule has 3 aliphatic rings. The highest BCUT2D eigenvalue weighted by molar-refractivity contribution is 5.24. The van der Waals surface area contributed by atoms with Crippen molar-refractivity contribution in [3.05, 3.63) is 35.1 Å². The van der Waals surface area contributed by atoms with E-state index in [4.69, 9.17) is 0 Å². The Bertz CT molecular complexity index is 639. The molecule has 0 N–H and O–H groups in total. The Balaban J connectivity index is 1.33. The van der Waals surface area contributed by atoms with E-state index < -0.39 is 17.5 Å². The lowest BCUT2D eigenvalue weighted by Gasteiger charge is -2.45. The van der Waals surface area contributed by atoms with E-state index in [2.05, 4.69) is 6.92 Å². The van der Waals surface area contributed by atoms with Gasteiger partial charge in [-0.05, 0) is 105 Å². The third kappa shape index (κ3) is 4.28. The van der Waals surface area contributed by atoms with Crippen LogP contribution in [0, 0.1) is 47.0 Å². The van der Waals surface area contributed by atoms with Gasteiger partial charge in [-0.2, -0.15) is 0 Å². The standard InChI is InChI=1S/C25H35F3/c1-2-3-16-4-6-17(7-5-16)18-8-9-20-13-21(11-10-19(20)12-18)22-14-23(26)25(28)24(27)15-22/h14-21H,2-13H2,1H3/t16?,17?,18?,19?,20-,21-/m1/s1. The predicted octanol–water partition coefficient (Wildman–Crippen LogP) is 8.01. The molecule has 4 atom stereocenters. The van der Waals surface area contributed by atoms with Crippen LogP contribution in [0.5, 0.6) is 0 Å². The Morgan fingerprint density at radius 3 is 1.89 bits per heavy atom. The summed E-state index contributed by atoms with van der Waals surface area (Å²) < 4.78 is 40.6. The second-order valence-corrected chi connectivity index (χ2v) is 9.97. The highest BCUT2D eigenvalue weighted by Crippen LogP contribution is 2.51. The van der Waals surface area contributed by atoms with Crippen molar-refractivity contribution in [3.63, 3.8) is 0 Å². The molecule has 28 heavy (non-hydrogen) atoms. The summed E-state index contributed by atoms with van der Waals surface area (Å²) >= 11 is 0. The Morgan fingerprint density at radius 2 is 1.25 bits per heavy atom. The molecule has 0 saturated heterocycles. The molecular weight excluding hydrogens is 357 g/mol. The first-order chi connectivity index (χ1) is 13.5. The van der Waals surface area contributed by atoms with Gasteiger partial charge < -0.3 is 0 Å². The first-order valence-electron chi connectivity index (χ1n) is 11.7. The van der Waals surface area contributed by atoms with Crippen LogP contribution in [-0.2, 0) is 0 Å². The average molecular weight is 393 g/mol. The van der Waals surface area contributed by atoms with Crippen molar-refractivity contribution in [2.24, 2.45) is 29.6 Å². The summed E-state index contributed by atoms with van der Waals surface area (Å²) in [6.45, 7) is 2.30. The van der Waals surface area contributed by atoms with Gasteiger partial charge in [-0.1, -0.05) is 32.6 Å². The minimum atomic E-state index is -1.34. The fourth-order valence-corrected chi connectivity index (χ4v) is 6.82. The van der Waals surface area contributed by atoms with E-state index in [1.165, 1.54) is 69.9 Å². The van der Waals surface area contributed by atoms with Crippen LogP contribution in [0.3, 0.4) is 0 Å². The molecule has 0 radical (unpaired) electrons. The minimum Gasteiger partial charge on any atom is -0.204 e. The van der Waals surface area contributed by atoms with Crippen LogP contribution in [0.2, 0.25) is 0 Å². The third-order valence-corrected chi connectivity index (χ3v) is 8.39. The summed E-state index contributed by atoms with van der Waals surface area (Å²) in [5.41, 5.74) is 0.659. The molecule has 3 fully saturated rings. The zero-order chi connectivity index (χ0) is 19.7. The van der Waals surface area contributed by atoms with Gasteiger partial charge in [0.05, 0.1) is 0 Å². The van der Waals surface area contributed by atoms with E-state index in [0.29, 0.717) is 11.5 Å². The van der Waals surface area contributed by atoms with E-state index in [9.17, 15) is 13.2 Å². The van der Waals surface area contributed by atoms with Crippen LogP contribution in [0.25, 0.3) is 0 Å². The van der Waals surface area contributed by atoms with Crippen molar-refractivity contribution in [2.75, 3.05) is 0 Å². The van der Waals surface area contributed by atoms with Crippen molar-refractivity contribution in [1.82, 2.24) is 0 Å². The van der Waals surface area contributed by atoms with Gasteiger partial charge in [-0.25, -0.2) is 13.2 Å². The fraction of sp³-hybridized carbons (Fsp3) is 0.760. The first kappa shape index (κ1) is 20.3. The van der Waals surface area contributed by atoms with E-state index in [1.807, 2.05) is 0 Å². The summed E-state index contributed by atoms with van der Waals surface area (Å²) in [5, 5.41) is 0. The topological polar surface area (TPSA) is 0 Å². The van der Waals surface area contributed by atoms with Crippen molar-refractivity contribution >= 4 is 0 Å². The number of fused-ring (bicyclic) bond motifs is 1. The zero-order valence-corrected chi connectivity index (χ0v) is 17.2. The van der Waals surface area contributed by atoms with Gasteiger partial charge in [-0.15, -0.1) is 0 Å². The Hall–Kier alpha value is -0.990. The smallest absolute Gasteiger partial charge is 0.194 e. The van der Waals surface area contributed by atoms with Crippen LogP contribution in [-0.4, -0.2) is 0 Å². The molecule has 3 saturated carbocycles. The molecular formula is C25H35F3. The van der Waals surface area contributed by atoms with E-state index >= 15 is 0 Å². The van der Waals surface area contributed by atoms with Crippen molar-refractivity contribution < 1.29 is 13.2 Å². The maximum absolute atomic E-state index is 13.6. The van der Waals surface area contributed by atoms with Crippen molar-refractivity contribution in [2.45, 2.75) is 89.9 Å². The molecule has 0 nitrogen and oxygen atoms in total. The van der Waals surface area contributed by atoms with Crippen LogP contribution in [0.1, 0.15) is 95.5 Å². The summed E-state index contributed by atoms with van der Waals surface area (Å²) in [4.78, 5) is 0. The molecule has 1 aromatic carbocycles. The van der Waals surface area contributed by atoms with Gasteiger partial charge in [-0.3, -0.25) is 0 Å². The normalized spacial score (nSPS) is 36.1. The summed E-state index contributed by atoms with van der Waals surface area (Å²) in [6.07, 6.45) is 15.6. The van der Waals surface area contributed by atoms with Gasteiger partial charge in [0, 0.05) is 0 Å². The first-order valence-corrected chi connectivity index (χ1v) is 11.7. The largest absolute Gasteiger partial charge is 0.204 e.